The first-order valence-electron chi connectivity index (χ1n) is 11.2. The normalized spacial score (nSPS) is 16.1. The van der Waals surface area contributed by atoms with Crippen LogP contribution in [0.1, 0.15) is 18.9 Å². The maximum atomic E-state index is 5.56. The van der Waals surface area contributed by atoms with Gasteiger partial charge in [-0.05, 0) is 43.5 Å². The highest BCUT2D eigenvalue weighted by Gasteiger charge is 2.24. The van der Waals surface area contributed by atoms with Crippen molar-refractivity contribution in [3.63, 3.8) is 0 Å². The smallest absolute Gasteiger partial charge is 0.193 e. The molecule has 0 radical (unpaired) electrons. The number of aliphatic imine (C=N–C) groups is 1. The molecule has 7 heteroatoms. The number of hydrogen-bond donors (Lipinski definition) is 1. The number of guanidine groups is 1. The fourth-order valence-corrected chi connectivity index (χ4v) is 4.09. The van der Waals surface area contributed by atoms with E-state index in [4.69, 9.17) is 19.2 Å². The summed E-state index contributed by atoms with van der Waals surface area (Å²) in [6, 6.07) is 14.1. The van der Waals surface area contributed by atoms with Gasteiger partial charge in [0.1, 0.15) is 17.2 Å². The van der Waals surface area contributed by atoms with E-state index in [1.165, 1.54) is 0 Å². The number of hydrogen-bond acceptors (Lipinski definition) is 5. The van der Waals surface area contributed by atoms with Gasteiger partial charge in [-0.25, -0.2) is 0 Å². The zero-order valence-electron chi connectivity index (χ0n) is 19.9. The number of anilines is 1. The second kappa shape index (κ2) is 11.5. The van der Waals surface area contributed by atoms with E-state index >= 15 is 0 Å². The third kappa shape index (κ3) is 5.78. The number of nitrogens with zero attached hydrogens (tertiary/aromatic N) is 3. The molecular formula is C25H36N4O3. The molecule has 1 atom stereocenters. The summed E-state index contributed by atoms with van der Waals surface area (Å²) in [4.78, 5) is 9.50. The summed E-state index contributed by atoms with van der Waals surface area (Å²) >= 11 is 0. The summed E-state index contributed by atoms with van der Waals surface area (Å²) in [5.41, 5.74) is 2.25. The molecule has 3 rings (SSSR count). The van der Waals surface area contributed by atoms with Crippen LogP contribution in [0.5, 0.6) is 17.2 Å². The minimum absolute atomic E-state index is 0.512. The molecule has 0 saturated carbocycles. The highest BCUT2D eigenvalue weighted by atomic mass is 16.5. The van der Waals surface area contributed by atoms with Gasteiger partial charge in [-0.15, -0.1) is 0 Å². The van der Waals surface area contributed by atoms with E-state index < -0.39 is 0 Å². The lowest BCUT2D eigenvalue weighted by atomic mass is 10.1. The van der Waals surface area contributed by atoms with Gasteiger partial charge in [0, 0.05) is 51.4 Å². The maximum absolute atomic E-state index is 5.56. The zero-order valence-corrected chi connectivity index (χ0v) is 19.9. The average molecular weight is 441 g/mol. The van der Waals surface area contributed by atoms with Gasteiger partial charge < -0.3 is 29.3 Å². The minimum Gasteiger partial charge on any atom is -0.497 e. The van der Waals surface area contributed by atoms with E-state index in [0.29, 0.717) is 12.5 Å². The van der Waals surface area contributed by atoms with Gasteiger partial charge in [0.05, 0.1) is 27.0 Å². The summed E-state index contributed by atoms with van der Waals surface area (Å²) in [6.45, 7) is 6.40. The van der Waals surface area contributed by atoms with Gasteiger partial charge in [0.2, 0.25) is 0 Å². The largest absolute Gasteiger partial charge is 0.497 e. The van der Waals surface area contributed by atoms with Gasteiger partial charge in [-0.1, -0.05) is 12.1 Å². The number of nitrogens with one attached hydrogen (secondary N) is 1. The Hall–Kier alpha value is -3.09. The van der Waals surface area contributed by atoms with Crippen molar-refractivity contribution in [1.82, 2.24) is 10.2 Å². The second-order valence-electron chi connectivity index (χ2n) is 8.00. The molecule has 0 aliphatic carbocycles. The molecule has 1 aliphatic rings. The van der Waals surface area contributed by atoms with Gasteiger partial charge >= 0.3 is 0 Å². The Kier molecular flexibility index (Phi) is 8.48. The monoisotopic (exact) mass is 440 g/mol. The molecule has 1 fully saturated rings. The molecule has 0 spiro atoms. The average Bonchev–Trinajstić information content (AvgIpc) is 3.30. The predicted octanol–water partition coefficient (Wildman–Crippen LogP) is 3.64. The van der Waals surface area contributed by atoms with Crippen molar-refractivity contribution in [2.75, 3.05) is 59.5 Å². The molecule has 0 amide bonds. The van der Waals surface area contributed by atoms with Crippen LogP contribution in [0, 0.1) is 5.92 Å². The van der Waals surface area contributed by atoms with Crippen LogP contribution in [-0.2, 0) is 6.54 Å². The molecule has 32 heavy (non-hydrogen) atoms. The van der Waals surface area contributed by atoms with Crippen molar-refractivity contribution < 1.29 is 14.2 Å². The summed E-state index contributed by atoms with van der Waals surface area (Å²) < 4.78 is 16.4. The van der Waals surface area contributed by atoms with E-state index in [-0.39, 0.29) is 0 Å². The molecule has 2 aromatic carbocycles. The molecule has 0 bridgehead atoms. The highest BCUT2D eigenvalue weighted by molar-refractivity contribution is 5.79. The van der Waals surface area contributed by atoms with Crippen molar-refractivity contribution in [3.8, 4) is 17.2 Å². The Morgan fingerprint density at radius 1 is 1.09 bits per heavy atom. The Balaban J connectivity index is 1.65. The number of ether oxygens (including phenoxy) is 3. The fourth-order valence-electron chi connectivity index (χ4n) is 4.09. The molecule has 1 saturated heterocycles. The summed E-state index contributed by atoms with van der Waals surface area (Å²) in [5, 5.41) is 3.42. The SMILES string of the molecule is CCNC(=NCC1CCN(c2ccccc2OC)C1)N(C)Cc1ccc(OC)cc1OC. The van der Waals surface area contributed by atoms with Crippen molar-refractivity contribution in [2.45, 2.75) is 19.9 Å². The number of rotatable bonds is 9. The lowest BCUT2D eigenvalue weighted by Crippen LogP contribution is -2.39. The zero-order chi connectivity index (χ0) is 22.9. The molecule has 174 valence electrons. The van der Waals surface area contributed by atoms with Crippen LogP contribution in [0.15, 0.2) is 47.5 Å². The van der Waals surface area contributed by atoms with Crippen LogP contribution in [0.3, 0.4) is 0 Å². The first-order valence-corrected chi connectivity index (χ1v) is 11.2. The summed E-state index contributed by atoms with van der Waals surface area (Å²) in [6.07, 6.45) is 1.12. The van der Waals surface area contributed by atoms with Crippen LogP contribution >= 0.6 is 0 Å². The van der Waals surface area contributed by atoms with Crippen molar-refractivity contribution in [2.24, 2.45) is 10.9 Å². The van der Waals surface area contributed by atoms with E-state index in [1.54, 1.807) is 21.3 Å². The first kappa shape index (κ1) is 23.6. The Morgan fingerprint density at radius 3 is 2.59 bits per heavy atom. The second-order valence-corrected chi connectivity index (χ2v) is 8.00. The number of para-hydroxylation sites is 2. The molecule has 1 heterocycles. The van der Waals surface area contributed by atoms with Crippen molar-refractivity contribution in [1.29, 1.82) is 0 Å². The molecule has 7 nitrogen and oxygen atoms in total. The quantitative estimate of drug-likeness (QED) is 0.475. The summed E-state index contributed by atoms with van der Waals surface area (Å²) in [5.74, 6) is 3.95. The molecule has 1 N–H and O–H groups in total. The maximum Gasteiger partial charge on any atom is 0.193 e. The first-order chi connectivity index (χ1) is 15.6. The van der Waals surface area contributed by atoms with Gasteiger partial charge in [0.25, 0.3) is 0 Å². The van der Waals surface area contributed by atoms with Crippen LogP contribution in [0.25, 0.3) is 0 Å². The Morgan fingerprint density at radius 2 is 1.88 bits per heavy atom. The topological polar surface area (TPSA) is 58.6 Å². The summed E-state index contributed by atoms with van der Waals surface area (Å²) in [7, 11) is 7.13. The lowest BCUT2D eigenvalue weighted by molar-refractivity contribution is 0.382. The number of methoxy groups -OCH3 is 3. The fraction of sp³-hybridized carbons (Fsp3) is 0.480. The molecule has 0 aromatic heterocycles. The predicted molar refractivity (Wildman–Crippen MR) is 130 cm³/mol. The molecule has 1 aliphatic heterocycles. The Bertz CT molecular complexity index is 903. The van der Waals surface area contributed by atoms with E-state index in [0.717, 1.165) is 67.1 Å². The van der Waals surface area contributed by atoms with Crippen LogP contribution in [0.2, 0.25) is 0 Å². The van der Waals surface area contributed by atoms with E-state index in [2.05, 4.69) is 41.2 Å². The van der Waals surface area contributed by atoms with Crippen molar-refractivity contribution in [3.05, 3.63) is 48.0 Å². The van der Waals surface area contributed by atoms with Gasteiger partial charge in [-0.2, -0.15) is 0 Å². The lowest BCUT2D eigenvalue weighted by Gasteiger charge is -2.24. The van der Waals surface area contributed by atoms with Crippen LogP contribution in [-0.4, -0.2) is 65.4 Å². The number of benzene rings is 2. The van der Waals surface area contributed by atoms with E-state index in [9.17, 15) is 0 Å². The minimum atomic E-state index is 0.512. The van der Waals surface area contributed by atoms with E-state index in [1.807, 2.05) is 30.3 Å². The van der Waals surface area contributed by atoms with Crippen LogP contribution < -0.4 is 24.4 Å². The highest BCUT2D eigenvalue weighted by Crippen LogP contribution is 2.32. The molecule has 2 aromatic rings. The third-order valence-electron chi connectivity index (χ3n) is 5.81. The third-order valence-corrected chi connectivity index (χ3v) is 5.81. The van der Waals surface area contributed by atoms with Gasteiger partial charge in [0.15, 0.2) is 5.96 Å². The standard InChI is InChI=1S/C25H36N4O3/c1-6-26-25(28(2)18-20-11-12-21(30-3)15-24(20)32-5)27-16-19-13-14-29(17-19)22-9-7-8-10-23(22)31-4/h7-12,15,19H,6,13-14,16-18H2,1-5H3,(H,26,27). The molecular weight excluding hydrogens is 404 g/mol. The van der Waals surface area contributed by atoms with Gasteiger partial charge in [-0.3, -0.25) is 4.99 Å². The Labute approximate surface area is 192 Å². The molecule has 1 unspecified atom stereocenters. The van der Waals surface area contributed by atoms with Crippen molar-refractivity contribution >= 4 is 11.6 Å². The van der Waals surface area contributed by atoms with Crippen LogP contribution in [0.4, 0.5) is 5.69 Å².